The Morgan fingerprint density at radius 1 is 1.40 bits per heavy atom. The molecule has 1 heterocycles. The average Bonchev–Trinajstić information content (AvgIpc) is 1.95. The highest BCUT2D eigenvalue weighted by atomic mass is 79.9. The molecule has 10 heavy (non-hydrogen) atoms. The van der Waals surface area contributed by atoms with Crippen LogP contribution in [0.1, 0.15) is 10.4 Å². The zero-order valence-electron chi connectivity index (χ0n) is 4.84. The van der Waals surface area contributed by atoms with E-state index >= 15 is 0 Å². The number of carbonyl (C=O) groups is 1. The minimum Gasteiger partial charge on any atom is -0.298 e. The SMILES string of the molecule is O=Cc1cncc(Br)c1Br. The third kappa shape index (κ3) is 1.44. The van der Waals surface area contributed by atoms with Crippen molar-refractivity contribution in [1.82, 2.24) is 4.98 Å². The summed E-state index contributed by atoms with van der Waals surface area (Å²) in [5.41, 5.74) is 0.550. The van der Waals surface area contributed by atoms with Crippen molar-refractivity contribution in [1.29, 1.82) is 0 Å². The fraction of sp³-hybridized carbons (Fsp3) is 0. The molecule has 0 unspecified atom stereocenters. The zero-order chi connectivity index (χ0) is 7.56. The second kappa shape index (κ2) is 3.25. The molecule has 52 valence electrons. The smallest absolute Gasteiger partial charge is 0.152 e. The molecule has 1 rings (SSSR count). The van der Waals surface area contributed by atoms with Gasteiger partial charge in [0.1, 0.15) is 0 Å². The number of hydrogen-bond donors (Lipinski definition) is 0. The summed E-state index contributed by atoms with van der Waals surface area (Å²) in [7, 11) is 0. The molecule has 0 aliphatic heterocycles. The van der Waals surface area contributed by atoms with E-state index in [-0.39, 0.29) is 0 Å². The average molecular weight is 265 g/mol. The van der Waals surface area contributed by atoms with Gasteiger partial charge in [-0.15, -0.1) is 0 Å². The van der Waals surface area contributed by atoms with Crippen molar-refractivity contribution in [3.8, 4) is 0 Å². The predicted octanol–water partition coefficient (Wildman–Crippen LogP) is 2.42. The molecule has 0 spiro atoms. The second-order valence-corrected chi connectivity index (χ2v) is 3.29. The second-order valence-electron chi connectivity index (χ2n) is 1.64. The van der Waals surface area contributed by atoms with E-state index in [0.29, 0.717) is 5.56 Å². The zero-order valence-corrected chi connectivity index (χ0v) is 8.02. The molecule has 0 aromatic carbocycles. The molecule has 1 aromatic rings. The van der Waals surface area contributed by atoms with Crippen LogP contribution in [0.4, 0.5) is 0 Å². The van der Waals surface area contributed by atoms with Crippen LogP contribution < -0.4 is 0 Å². The summed E-state index contributed by atoms with van der Waals surface area (Å²) >= 11 is 6.44. The molecule has 0 saturated heterocycles. The summed E-state index contributed by atoms with van der Waals surface area (Å²) in [6, 6.07) is 0. The van der Waals surface area contributed by atoms with Crippen LogP contribution >= 0.6 is 31.9 Å². The summed E-state index contributed by atoms with van der Waals surface area (Å²) in [6.45, 7) is 0. The van der Waals surface area contributed by atoms with Crippen LogP contribution in [-0.4, -0.2) is 11.3 Å². The minimum absolute atomic E-state index is 0.550. The maximum Gasteiger partial charge on any atom is 0.152 e. The Hall–Kier alpha value is -0.220. The molecule has 0 aliphatic carbocycles. The maximum atomic E-state index is 10.3. The van der Waals surface area contributed by atoms with Gasteiger partial charge in [0.15, 0.2) is 6.29 Å². The molecule has 0 fully saturated rings. The Morgan fingerprint density at radius 2 is 2.10 bits per heavy atom. The van der Waals surface area contributed by atoms with Gasteiger partial charge in [-0.1, -0.05) is 0 Å². The van der Waals surface area contributed by atoms with Crippen molar-refractivity contribution in [2.45, 2.75) is 0 Å². The van der Waals surface area contributed by atoms with Gasteiger partial charge in [-0.3, -0.25) is 9.78 Å². The highest BCUT2D eigenvalue weighted by Gasteiger charge is 2.00. The monoisotopic (exact) mass is 263 g/mol. The lowest BCUT2D eigenvalue weighted by molar-refractivity contribution is 0.112. The molecular formula is C6H3Br2NO. The first kappa shape index (κ1) is 7.88. The van der Waals surface area contributed by atoms with E-state index in [1.807, 2.05) is 0 Å². The van der Waals surface area contributed by atoms with Crippen molar-refractivity contribution in [3.05, 3.63) is 26.9 Å². The van der Waals surface area contributed by atoms with Gasteiger partial charge >= 0.3 is 0 Å². The topological polar surface area (TPSA) is 30.0 Å². The summed E-state index contributed by atoms with van der Waals surface area (Å²) in [6.07, 6.45) is 3.88. The Morgan fingerprint density at radius 3 is 2.60 bits per heavy atom. The molecule has 0 aliphatic rings. The number of halogens is 2. The van der Waals surface area contributed by atoms with Crippen LogP contribution in [0.2, 0.25) is 0 Å². The highest BCUT2D eigenvalue weighted by Crippen LogP contribution is 2.23. The lowest BCUT2D eigenvalue weighted by Gasteiger charge is -1.95. The fourth-order valence-electron chi connectivity index (χ4n) is 0.516. The van der Waals surface area contributed by atoms with E-state index in [4.69, 9.17) is 0 Å². The lowest BCUT2D eigenvalue weighted by Crippen LogP contribution is -1.84. The van der Waals surface area contributed by atoms with Gasteiger partial charge < -0.3 is 0 Å². The van der Waals surface area contributed by atoms with Gasteiger partial charge in [-0.05, 0) is 31.9 Å². The molecule has 4 heteroatoms. The molecule has 0 saturated carbocycles. The Bertz CT molecular complexity index is 262. The van der Waals surface area contributed by atoms with Gasteiger partial charge in [0.05, 0.1) is 4.47 Å². The van der Waals surface area contributed by atoms with Gasteiger partial charge in [-0.25, -0.2) is 0 Å². The number of carbonyl (C=O) groups excluding carboxylic acids is 1. The van der Waals surface area contributed by atoms with Crippen LogP contribution in [0.5, 0.6) is 0 Å². The molecule has 0 N–H and O–H groups in total. The fourth-order valence-corrected chi connectivity index (χ4v) is 1.16. The first-order valence-electron chi connectivity index (χ1n) is 2.50. The largest absolute Gasteiger partial charge is 0.298 e. The summed E-state index contributed by atoms with van der Waals surface area (Å²) in [4.78, 5) is 14.1. The Labute approximate surface area is 74.9 Å². The molecule has 0 radical (unpaired) electrons. The van der Waals surface area contributed by atoms with E-state index in [2.05, 4.69) is 36.8 Å². The van der Waals surface area contributed by atoms with Crippen molar-refractivity contribution in [2.24, 2.45) is 0 Å². The number of pyridine rings is 1. The first-order chi connectivity index (χ1) is 4.75. The van der Waals surface area contributed by atoms with Gasteiger partial charge in [0.25, 0.3) is 0 Å². The lowest BCUT2D eigenvalue weighted by atomic mass is 10.3. The number of aldehydes is 1. The van der Waals surface area contributed by atoms with E-state index < -0.39 is 0 Å². The van der Waals surface area contributed by atoms with Crippen LogP contribution in [-0.2, 0) is 0 Å². The predicted molar refractivity (Wildman–Crippen MR) is 45.0 cm³/mol. The Balaban J connectivity index is 3.27. The van der Waals surface area contributed by atoms with Gasteiger partial charge in [-0.2, -0.15) is 0 Å². The normalized spacial score (nSPS) is 9.40. The number of aromatic nitrogens is 1. The van der Waals surface area contributed by atoms with E-state index in [0.717, 1.165) is 15.2 Å². The summed E-state index contributed by atoms with van der Waals surface area (Å²) in [5.74, 6) is 0. The number of nitrogens with zero attached hydrogens (tertiary/aromatic N) is 1. The molecule has 0 atom stereocenters. The molecule has 2 nitrogen and oxygen atoms in total. The third-order valence-electron chi connectivity index (χ3n) is 0.992. The van der Waals surface area contributed by atoms with E-state index in [9.17, 15) is 4.79 Å². The molecule has 1 aromatic heterocycles. The van der Waals surface area contributed by atoms with Gasteiger partial charge in [0, 0.05) is 22.4 Å². The molecule has 0 amide bonds. The number of rotatable bonds is 1. The van der Waals surface area contributed by atoms with Crippen LogP contribution in [0.25, 0.3) is 0 Å². The maximum absolute atomic E-state index is 10.3. The van der Waals surface area contributed by atoms with Gasteiger partial charge in [0.2, 0.25) is 0 Å². The van der Waals surface area contributed by atoms with Crippen LogP contribution in [0.3, 0.4) is 0 Å². The van der Waals surface area contributed by atoms with Crippen LogP contribution in [0, 0.1) is 0 Å². The van der Waals surface area contributed by atoms with Crippen molar-refractivity contribution >= 4 is 38.1 Å². The first-order valence-corrected chi connectivity index (χ1v) is 4.08. The summed E-state index contributed by atoms with van der Waals surface area (Å²) in [5, 5.41) is 0. The Kier molecular flexibility index (Phi) is 2.56. The quantitative estimate of drug-likeness (QED) is 0.730. The van der Waals surface area contributed by atoms with Crippen molar-refractivity contribution < 1.29 is 4.79 Å². The highest BCUT2D eigenvalue weighted by molar-refractivity contribution is 9.13. The van der Waals surface area contributed by atoms with Crippen molar-refractivity contribution in [3.63, 3.8) is 0 Å². The molecule has 0 bridgehead atoms. The van der Waals surface area contributed by atoms with Crippen molar-refractivity contribution in [2.75, 3.05) is 0 Å². The van der Waals surface area contributed by atoms with E-state index in [1.165, 1.54) is 6.20 Å². The van der Waals surface area contributed by atoms with E-state index in [1.54, 1.807) is 6.20 Å². The third-order valence-corrected chi connectivity index (χ3v) is 3.01. The van der Waals surface area contributed by atoms with Crippen LogP contribution in [0.15, 0.2) is 21.3 Å². The standard InChI is InChI=1S/C6H3Br2NO/c7-5-2-9-1-4(3-10)6(5)8/h1-3H. The molecular weight excluding hydrogens is 262 g/mol. The minimum atomic E-state index is 0.550. The summed E-state index contributed by atoms with van der Waals surface area (Å²) < 4.78 is 1.54. The number of hydrogen-bond acceptors (Lipinski definition) is 2.